The number of aliphatic hydroxyl groups is 1. The fraction of sp³-hybridized carbons (Fsp3) is 0.333. The van der Waals surface area contributed by atoms with E-state index >= 15 is 0 Å². The first kappa shape index (κ1) is 29.6. The second-order valence-corrected chi connectivity index (χ2v) is 12.2. The summed E-state index contributed by atoms with van der Waals surface area (Å²) < 4.78 is 62.2. The van der Waals surface area contributed by atoms with E-state index in [1.807, 2.05) is 24.3 Å². The number of aliphatic hydroxyl groups excluding tert-OH is 1. The van der Waals surface area contributed by atoms with Crippen molar-refractivity contribution in [2.45, 2.75) is 54.7 Å². The van der Waals surface area contributed by atoms with E-state index in [0.717, 1.165) is 29.7 Å². The van der Waals surface area contributed by atoms with Crippen molar-refractivity contribution in [3.8, 4) is 5.75 Å². The van der Waals surface area contributed by atoms with Crippen molar-refractivity contribution in [3.05, 3.63) is 94.0 Å². The molecular formula is C27H28Cl2F3N3O3S. The van der Waals surface area contributed by atoms with Crippen LogP contribution in [0.15, 0.2) is 82.1 Å². The maximum Gasteiger partial charge on any atom is 0.573 e. The zero-order valence-electron chi connectivity index (χ0n) is 20.9. The molecule has 1 aliphatic carbocycles. The number of benzene rings is 3. The average Bonchev–Trinajstić information content (AvgIpc) is 2.90. The van der Waals surface area contributed by atoms with Gasteiger partial charge < -0.3 is 15.2 Å². The Bertz CT molecular complexity index is 1320. The predicted octanol–water partition coefficient (Wildman–Crippen LogP) is 6.51. The minimum atomic E-state index is -4.83. The van der Waals surface area contributed by atoms with Gasteiger partial charge in [0.15, 0.2) is 0 Å². The molecule has 4 unspecified atom stereocenters. The highest BCUT2D eigenvalue weighted by Gasteiger charge is 2.36. The number of ether oxygens (including phenoxy) is 1. The van der Waals surface area contributed by atoms with Crippen LogP contribution in [-0.2, 0) is 9.92 Å². The lowest BCUT2D eigenvalue weighted by atomic mass is 9.87. The topological polar surface area (TPSA) is 83.0 Å². The highest BCUT2D eigenvalue weighted by molar-refractivity contribution is 7.91. The molecule has 1 saturated carbocycles. The van der Waals surface area contributed by atoms with Crippen molar-refractivity contribution in [2.24, 2.45) is 4.36 Å². The second-order valence-electron chi connectivity index (χ2n) is 9.18. The van der Waals surface area contributed by atoms with E-state index in [1.165, 1.54) is 19.2 Å². The molecule has 0 aromatic heterocycles. The highest BCUT2D eigenvalue weighted by atomic mass is 35.5. The molecule has 3 aromatic carbocycles. The van der Waals surface area contributed by atoms with Gasteiger partial charge in [-0.15, -0.1) is 13.2 Å². The Morgan fingerprint density at radius 3 is 1.92 bits per heavy atom. The molecule has 3 N–H and O–H groups in total. The van der Waals surface area contributed by atoms with Gasteiger partial charge in [-0.1, -0.05) is 53.9 Å². The molecule has 0 bridgehead atoms. The summed E-state index contributed by atoms with van der Waals surface area (Å²) in [5, 5.41) is 16.1. The molecule has 210 valence electrons. The molecule has 39 heavy (non-hydrogen) atoms. The number of hydrogen-bond acceptors (Lipinski definition) is 5. The van der Waals surface area contributed by atoms with Gasteiger partial charge in [-0.3, -0.25) is 0 Å². The van der Waals surface area contributed by atoms with E-state index in [-0.39, 0.29) is 17.0 Å². The normalized spacial score (nSPS) is 21.4. The molecule has 0 heterocycles. The molecule has 4 rings (SSSR count). The third kappa shape index (κ3) is 7.65. The summed E-state index contributed by atoms with van der Waals surface area (Å²) in [4.78, 5) is 0.182. The summed E-state index contributed by atoms with van der Waals surface area (Å²) in [6.45, 7) is 0. The Balaban J connectivity index is 1.54. The van der Waals surface area contributed by atoms with Crippen molar-refractivity contribution >= 4 is 33.1 Å². The first-order valence-corrected chi connectivity index (χ1v) is 14.5. The van der Waals surface area contributed by atoms with Crippen LogP contribution in [0.1, 0.15) is 36.4 Å². The highest BCUT2D eigenvalue weighted by Crippen LogP contribution is 2.30. The average molecular weight is 603 g/mol. The van der Waals surface area contributed by atoms with Crippen LogP contribution in [0.25, 0.3) is 0 Å². The minimum absolute atomic E-state index is 0.182. The van der Waals surface area contributed by atoms with Gasteiger partial charge in [-0.25, -0.2) is 13.3 Å². The molecule has 6 nitrogen and oxygen atoms in total. The van der Waals surface area contributed by atoms with Crippen LogP contribution in [0.3, 0.4) is 0 Å². The van der Waals surface area contributed by atoms with Crippen LogP contribution in [-0.4, -0.2) is 40.9 Å². The largest absolute Gasteiger partial charge is 0.573 e. The first-order valence-electron chi connectivity index (χ1n) is 12.2. The van der Waals surface area contributed by atoms with Crippen molar-refractivity contribution in [1.29, 1.82) is 0 Å². The molecular weight excluding hydrogens is 574 g/mol. The smallest absolute Gasteiger partial charge is 0.406 e. The molecule has 1 fully saturated rings. The number of hydrogen-bond donors (Lipinski definition) is 3. The van der Waals surface area contributed by atoms with Gasteiger partial charge in [-0.05, 0) is 72.5 Å². The fourth-order valence-corrected chi connectivity index (χ4v) is 6.53. The lowest BCUT2D eigenvalue weighted by Crippen LogP contribution is -2.56. The molecule has 3 aromatic rings. The minimum Gasteiger partial charge on any atom is -0.406 e. The molecule has 0 amide bonds. The van der Waals surface area contributed by atoms with Crippen molar-refractivity contribution in [1.82, 2.24) is 10.0 Å². The predicted molar refractivity (Wildman–Crippen MR) is 146 cm³/mol. The summed E-state index contributed by atoms with van der Waals surface area (Å²) in [6, 6.07) is 18.3. The van der Waals surface area contributed by atoms with Crippen LogP contribution >= 0.6 is 23.2 Å². The van der Waals surface area contributed by atoms with Gasteiger partial charge in [0, 0.05) is 29.2 Å². The van der Waals surface area contributed by atoms with E-state index < -0.39 is 34.2 Å². The number of halogens is 5. The van der Waals surface area contributed by atoms with Gasteiger partial charge in [0.25, 0.3) is 0 Å². The molecule has 1 aliphatic rings. The number of alkyl halides is 3. The third-order valence-corrected chi connectivity index (χ3v) is 9.14. The lowest BCUT2D eigenvalue weighted by molar-refractivity contribution is -0.274. The van der Waals surface area contributed by atoms with Gasteiger partial charge in [0.05, 0.1) is 17.0 Å². The number of nitrogens with one attached hydrogen (secondary N) is 2. The standard InChI is InChI=1S/C27H28Cl2F3N3O3S/c1-33-39(37,22-15-13-21(14-16-22)38-27(30,31)32)35-24-4-2-3-23(26(24)36)34-25(17-5-9-19(28)10-6-17)18-7-11-20(29)12-8-18/h5-16,23-26,34,36H,2-4H2,1H3,(H,33,35,37). The van der Waals surface area contributed by atoms with E-state index in [1.54, 1.807) is 24.3 Å². The van der Waals surface area contributed by atoms with E-state index in [9.17, 15) is 22.5 Å². The number of rotatable bonds is 8. The summed E-state index contributed by atoms with van der Waals surface area (Å²) in [5.41, 5.74) is 1.88. The maximum absolute atomic E-state index is 13.7. The van der Waals surface area contributed by atoms with E-state index in [0.29, 0.717) is 22.9 Å². The molecule has 4 atom stereocenters. The Hall–Kier alpha value is -2.34. The van der Waals surface area contributed by atoms with Crippen molar-refractivity contribution in [2.75, 3.05) is 7.05 Å². The second kappa shape index (κ2) is 12.4. The Morgan fingerprint density at radius 1 is 0.923 bits per heavy atom. The summed E-state index contributed by atoms with van der Waals surface area (Å²) in [6.07, 6.45) is -3.83. The summed E-state index contributed by atoms with van der Waals surface area (Å²) in [5.74, 6) is -0.429. The van der Waals surface area contributed by atoms with Crippen LogP contribution in [0.2, 0.25) is 10.0 Å². The zero-order valence-corrected chi connectivity index (χ0v) is 23.2. The zero-order chi connectivity index (χ0) is 28.2. The third-order valence-electron chi connectivity index (χ3n) is 6.59. The van der Waals surface area contributed by atoms with E-state index in [2.05, 4.69) is 19.1 Å². The van der Waals surface area contributed by atoms with Crippen LogP contribution in [0, 0.1) is 0 Å². The Morgan fingerprint density at radius 2 is 1.44 bits per heavy atom. The summed E-state index contributed by atoms with van der Waals surface area (Å²) in [7, 11) is -1.88. The van der Waals surface area contributed by atoms with Gasteiger partial charge in [0.1, 0.15) is 15.7 Å². The molecule has 0 aliphatic heterocycles. The van der Waals surface area contributed by atoms with Crippen LogP contribution in [0.4, 0.5) is 13.2 Å². The summed E-state index contributed by atoms with van der Waals surface area (Å²) >= 11 is 12.2. The molecule has 0 saturated heterocycles. The van der Waals surface area contributed by atoms with Crippen molar-refractivity contribution in [3.63, 3.8) is 0 Å². The fourth-order valence-electron chi connectivity index (χ4n) is 4.66. The quantitative estimate of drug-likeness (QED) is 0.275. The molecule has 0 spiro atoms. The van der Waals surface area contributed by atoms with Gasteiger partial charge >= 0.3 is 6.36 Å². The van der Waals surface area contributed by atoms with Crippen molar-refractivity contribution < 1.29 is 27.2 Å². The van der Waals surface area contributed by atoms with Gasteiger partial charge in [-0.2, -0.15) is 0 Å². The van der Waals surface area contributed by atoms with E-state index in [4.69, 9.17) is 23.2 Å². The Labute approximate surface area is 235 Å². The molecule has 12 heteroatoms. The number of nitrogens with zero attached hydrogens (tertiary/aromatic N) is 1. The molecule has 0 radical (unpaired) electrons. The van der Waals surface area contributed by atoms with Crippen LogP contribution < -0.4 is 14.8 Å². The monoisotopic (exact) mass is 601 g/mol. The first-order chi connectivity index (χ1) is 18.5. The van der Waals surface area contributed by atoms with Gasteiger partial charge in [0.2, 0.25) is 0 Å². The lowest BCUT2D eigenvalue weighted by Gasteiger charge is -2.38. The maximum atomic E-state index is 13.7. The van der Waals surface area contributed by atoms with Crippen LogP contribution in [0.5, 0.6) is 5.75 Å². The SMILES string of the molecule is CN=S(=O)(NC1CCCC(NC(c2ccc(Cl)cc2)c2ccc(Cl)cc2)C1O)c1ccc(OC(F)(F)F)cc1. The Kier molecular flexibility index (Phi) is 9.46.